The van der Waals surface area contributed by atoms with Crippen molar-refractivity contribution in [3.8, 4) is 11.1 Å². The minimum Gasteiger partial charge on any atom is -0.478 e. The van der Waals surface area contributed by atoms with Gasteiger partial charge < -0.3 is 24.8 Å². The molecule has 1 aliphatic heterocycles. The van der Waals surface area contributed by atoms with Crippen molar-refractivity contribution in [2.45, 2.75) is 31.2 Å². The van der Waals surface area contributed by atoms with Gasteiger partial charge in [0.05, 0.1) is 6.61 Å². The quantitative estimate of drug-likeness (QED) is 0.601. The predicted molar refractivity (Wildman–Crippen MR) is 130 cm³/mol. The molecule has 4 rings (SSSR count). The molecule has 0 radical (unpaired) electrons. The second-order valence-corrected chi connectivity index (χ2v) is 8.85. The lowest BCUT2D eigenvalue weighted by atomic mass is 9.94. The van der Waals surface area contributed by atoms with Crippen LogP contribution in [0.2, 0.25) is 0 Å². The zero-order valence-corrected chi connectivity index (χ0v) is 20.0. The van der Waals surface area contributed by atoms with E-state index < -0.39 is 17.6 Å². The van der Waals surface area contributed by atoms with E-state index in [0.29, 0.717) is 0 Å². The SMILES string of the molecule is CCC(COC)(NC(=O)OCC1c2ccccc2-c2ccccc21)C(=O)N1CC=C(C(=O)O)CC1. The third-order valence-electron chi connectivity index (χ3n) is 6.86. The Morgan fingerprint density at radius 3 is 2.23 bits per heavy atom. The predicted octanol–water partition coefficient (Wildman–Crippen LogP) is 3.56. The number of rotatable bonds is 8. The van der Waals surface area contributed by atoms with Crippen LogP contribution in [0.4, 0.5) is 4.79 Å². The molecule has 0 spiro atoms. The molecule has 0 bridgehead atoms. The summed E-state index contributed by atoms with van der Waals surface area (Å²) in [4.78, 5) is 39.1. The standard InChI is InChI=1S/C27H30N2O6/c1-3-27(17-34-2,25(32)29-14-12-18(13-15-29)24(30)31)28-26(33)35-16-23-21-10-6-4-8-19(21)20-9-5-7-11-22(20)23/h4-12,23H,3,13-17H2,1-2H3,(H,28,33)(H,30,31). The van der Waals surface area contributed by atoms with Crippen LogP contribution in [0.5, 0.6) is 0 Å². The molecular formula is C27H30N2O6. The van der Waals surface area contributed by atoms with Crippen LogP contribution in [0.1, 0.15) is 36.8 Å². The molecule has 35 heavy (non-hydrogen) atoms. The molecule has 0 fully saturated rings. The van der Waals surface area contributed by atoms with Crippen molar-refractivity contribution in [3.05, 3.63) is 71.3 Å². The zero-order valence-electron chi connectivity index (χ0n) is 20.0. The fraction of sp³-hybridized carbons (Fsp3) is 0.370. The van der Waals surface area contributed by atoms with Crippen molar-refractivity contribution in [1.82, 2.24) is 10.2 Å². The zero-order chi connectivity index (χ0) is 25.0. The number of carbonyl (C=O) groups excluding carboxylic acids is 2. The summed E-state index contributed by atoms with van der Waals surface area (Å²) in [5, 5.41) is 11.9. The van der Waals surface area contributed by atoms with E-state index in [9.17, 15) is 19.5 Å². The lowest BCUT2D eigenvalue weighted by Crippen LogP contribution is -2.62. The molecule has 2 aromatic carbocycles. The van der Waals surface area contributed by atoms with Gasteiger partial charge >= 0.3 is 12.1 Å². The first-order valence-corrected chi connectivity index (χ1v) is 11.7. The Balaban J connectivity index is 1.47. The normalized spacial score (nSPS) is 16.5. The number of methoxy groups -OCH3 is 1. The molecular weight excluding hydrogens is 448 g/mol. The summed E-state index contributed by atoms with van der Waals surface area (Å²) in [5.74, 6) is -1.40. The fourth-order valence-corrected chi connectivity index (χ4v) is 4.92. The van der Waals surface area contributed by atoms with E-state index in [0.717, 1.165) is 22.3 Å². The number of nitrogens with one attached hydrogen (secondary N) is 1. The summed E-state index contributed by atoms with van der Waals surface area (Å²) < 4.78 is 11.0. The van der Waals surface area contributed by atoms with Gasteiger partial charge in [-0.3, -0.25) is 4.79 Å². The number of fused-ring (bicyclic) bond motifs is 3. The largest absolute Gasteiger partial charge is 0.478 e. The highest BCUT2D eigenvalue weighted by Crippen LogP contribution is 2.44. The van der Waals surface area contributed by atoms with Gasteiger partial charge in [-0.05, 0) is 35.1 Å². The van der Waals surface area contributed by atoms with Gasteiger partial charge in [-0.2, -0.15) is 0 Å². The van der Waals surface area contributed by atoms with Gasteiger partial charge in [0.1, 0.15) is 12.1 Å². The van der Waals surface area contributed by atoms with Gasteiger partial charge in [0.15, 0.2) is 0 Å². The monoisotopic (exact) mass is 478 g/mol. The van der Waals surface area contributed by atoms with Crippen molar-refractivity contribution in [2.24, 2.45) is 0 Å². The summed E-state index contributed by atoms with van der Waals surface area (Å²) >= 11 is 0. The molecule has 2 amide bonds. The summed E-state index contributed by atoms with van der Waals surface area (Å²) in [6, 6.07) is 16.1. The van der Waals surface area contributed by atoms with Crippen LogP contribution in [-0.4, -0.2) is 66.9 Å². The molecule has 1 aliphatic carbocycles. The summed E-state index contributed by atoms with van der Waals surface area (Å²) in [6.45, 7) is 2.32. The smallest absolute Gasteiger partial charge is 0.408 e. The number of alkyl carbamates (subject to hydrolysis) is 1. The number of amides is 2. The first-order chi connectivity index (χ1) is 16.9. The second kappa shape index (κ2) is 10.3. The highest BCUT2D eigenvalue weighted by Gasteiger charge is 2.42. The minimum absolute atomic E-state index is 0.0292. The Bertz CT molecular complexity index is 1110. The van der Waals surface area contributed by atoms with Crippen LogP contribution in [0.15, 0.2) is 60.2 Å². The van der Waals surface area contributed by atoms with Crippen LogP contribution in [-0.2, 0) is 19.1 Å². The number of hydrogen-bond acceptors (Lipinski definition) is 5. The van der Waals surface area contributed by atoms with Gasteiger partial charge in [0.25, 0.3) is 5.91 Å². The lowest BCUT2D eigenvalue weighted by molar-refractivity contribution is -0.141. The van der Waals surface area contributed by atoms with Crippen molar-refractivity contribution in [1.29, 1.82) is 0 Å². The maximum absolute atomic E-state index is 13.4. The molecule has 2 aromatic rings. The third kappa shape index (κ3) is 4.79. The molecule has 2 aliphatic rings. The number of carboxylic acids is 1. The molecule has 1 heterocycles. The average Bonchev–Trinajstić information content (AvgIpc) is 3.20. The van der Waals surface area contributed by atoms with Crippen LogP contribution >= 0.6 is 0 Å². The van der Waals surface area contributed by atoms with E-state index in [1.54, 1.807) is 11.8 Å². The van der Waals surface area contributed by atoms with E-state index in [-0.39, 0.29) is 56.5 Å². The number of ether oxygens (including phenoxy) is 2. The van der Waals surface area contributed by atoms with Crippen molar-refractivity contribution in [2.75, 3.05) is 33.4 Å². The fourth-order valence-electron chi connectivity index (χ4n) is 4.92. The molecule has 8 nitrogen and oxygen atoms in total. The van der Waals surface area contributed by atoms with Crippen molar-refractivity contribution < 1.29 is 29.0 Å². The van der Waals surface area contributed by atoms with Gasteiger partial charge in [-0.25, -0.2) is 9.59 Å². The molecule has 1 unspecified atom stereocenters. The number of benzene rings is 2. The molecule has 1 atom stereocenters. The number of carboxylic acid groups (broad SMARTS) is 1. The third-order valence-corrected chi connectivity index (χ3v) is 6.86. The molecule has 8 heteroatoms. The Kier molecular flexibility index (Phi) is 7.21. The number of carbonyl (C=O) groups is 3. The van der Waals surface area contributed by atoms with E-state index in [4.69, 9.17) is 9.47 Å². The van der Waals surface area contributed by atoms with Gasteiger partial charge in [-0.15, -0.1) is 0 Å². The molecule has 184 valence electrons. The Hall–Kier alpha value is -3.65. The highest BCUT2D eigenvalue weighted by molar-refractivity contribution is 5.92. The molecule has 0 aromatic heterocycles. The number of hydrogen-bond donors (Lipinski definition) is 2. The van der Waals surface area contributed by atoms with E-state index in [1.807, 2.05) is 36.4 Å². The van der Waals surface area contributed by atoms with Crippen LogP contribution in [0.25, 0.3) is 11.1 Å². The first kappa shape index (κ1) is 24.5. The molecule has 0 saturated carbocycles. The van der Waals surface area contributed by atoms with Crippen molar-refractivity contribution >= 4 is 18.0 Å². The first-order valence-electron chi connectivity index (χ1n) is 11.7. The number of nitrogens with zero attached hydrogens (tertiary/aromatic N) is 1. The lowest BCUT2D eigenvalue weighted by Gasteiger charge is -2.37. The topological polar surface area (TPSA) is 105 Å². The Labute approximate surface area is 204 Å². The van der Waals surface area contributed by atoms with E-state index >= 15 is 0 Å². The Morgan fingerprint density at radius 1 is 1.09 bits per heavy atom. The van der Waals surface area contributed by atoms with Crippen LogP contribution in [0, 0.1) is 0 Å². The van der Waals surface area contributed by atoms with Gasteiger partial charge in [0.2, 0.25) is 0 Å². The van der Waals surface area contributed by atoms with Gasteiger partial charge in [-0.1, -0.05) is 61.5 Å². The summed E-state index contributed by atoms with van der Waals surface area (Å²) in [5.41, 5.74) is 3.44. The summed E-state index contributed by atoms with van der Waals surface area (Å²) in [7, 11) is 1.47. The number of aliphatic carboxylic acids is 1. The maximum Gasteiger partial charge on any atom is 0.408 e. The second-order valence-electron chi connectivity index (χ2n) is 8.85. The van der Waals surface area contributed by atoms with Gasteiger partial charge in [0, 0.05) is 31.7 Å². The van der Waals surface area contributed by atoms with E-state index in [2.05, 4.69) is 17.4 Å². The summed E-state index contributed by atoms with van der Waals surface area (Å²) in [6.07, 6.45) is 1.37. The Morgan fingerprint density at radius 2 is 1.71 bits per heavy atom. The molecule has 2 N–H and O–H groups in total. The van der Waals surface area contributed by atoms with Crippen LogP contribution < -0.4 is 5.32 Å². The highest BCUT2D eigenvalue weighted by atomic mass is 16.5. The van der Waals surface area contributed by atoms with Crippen molar-refractivity contribution in [3.63, 3.8) is 0 Å². The minimum atomic E-state index is -1.31. The average molecular weight is 479 g/mol. The maximum atomic E-state index is 13.4. The van der Waals surface area contributed by atoms with E-state index in [1.165, 1.54) is 13.2 Å². The van der Waals surface area contributed by atoms with Crippen LogP contribution in [0.3, 0.4) is 0 Å². The molecule has 0 saturated heterocycles.